The average Bonchev–Trinajstić information content (AvgIpc) is 2.65. The molecule has 0 saturated carbocycles. The van der Waals surface area contributed by atoms with Crippen molar-refractivity contribution in [2.45, 2.75) is 13.3 Å². The van der Waals surface area contributed by atoms with E-state index < -0.39 is 0 Å². The Morgan fingerprint density at radius 1 is 1.23 bits per heavy atom. The molecule has 2 aromatic rings. The lowest BCUT2D eigenvalue weighted by molar-refractivity contribution is 0.122. The Morgan fingerprint density at radius 2 is 2.04 bits per heavy atom. The van der Waals surface area contributed by atoms with Crippen LogP contribution in [0.25, 0.3) is 0 Å². The minimum Gasteiger partial charge on any atom is -0.396 e. The quantitative estimate of drug-likeness (QED) is 0.547. The molecule has 5 N–H and O–H groups in total. The van der Waals surface area contributed by atoms with Crippen molar-refractivity contribution < 1.29 is 9.84 Å². The second-order valence-electron chi connectivity index (χ2n) is 6.20. The van der Waals surface area contributed by atoms with Gasteiger partial charge in [0.15, 0.2) is 11.6 Å². The van der Waals surface area contributed by atoms with E-state index in [0.29, 0.717) is 49.5 Å². The van der Waals surface area contributed by atoms with Crippen LogP contribution in [0.2, 0.25) is 0 Å². The lowest BCUT2D eigenvalue weighted by Crippen LogP contribution is -2.37. The van der Waals surface area contributed by atoms with Crippen molar-refractivity contribution in [2.75, 3.05) is 60.8 Å². The molecule has 0 spiro atoms. The van der Waals surface area contributed by atoms with Crippen molar-refractivity contribution in [1.82, 2.24) is 9.97 Å². The van der Waals surface area contributed by atoms with Crippen LogP contribution >= 0.6 is 0 Å². The zero-order chi connectivity index (χ0) is 18.4. The van der Waals surface area contributed by atoms with Gasteiger partial charge in [0, 0.05) is 25.2 Å². The molecule has 3 rings (SSSR count). The minimum absolute atomic E-state index is 0.00650. The van der Waals surface area contributed by atoms with E-state index in [2.05, 4.69) is 44.6 Å². The third-order valence-electron chi connectivity index (χ3n) is 4.18. The average molecular weight is 358 g/mol. The van der Waals surface area contributed by atoms with Crippen molar-refractivity contribution in [2.24, 2.45) is 0 Å². The summed E-state index contributed by atoms with van der Waals surface area (Å²) >= 11 is 0. The number of anilines is 4. The Hall–Kier alpha value is -2.58. The first-order valence-electron chi connectivity index (χ1n) is 8.81. The Balaban J connectivity index is 1.75. The molecule has 1 aliphatic heterocycles. The van der Waals surface area contributed by atoms with Crippen molar-refractivity contribution in [3.05, 3.63) is 35.7 Å². The number of rotatable bonds is 7. The van der Waals surface area contributed by atoms with E-state index in [4.69, 9.17) is 10.5 Å². The van der Waals surface area contributed by atoms with Gasteiger partial charge in [-0.15, -0.1) is 0 Å². The van der Waals surface area contributed by atoms with Crippen LogP contribution in [0.5, 0.6) is 0 Å². The molecule has 0 aliphatic carbocycles. The number of morpholine rings is 1. The summed E-state index contributed by atoms with van der Waals surface area (Å²) in [5.41, 5.74) is 9.05. The van der Waals surface area contributed by atoms with Gasteiger partial charge in [-0.25, -0.2) is 9.97 Å². The van der Waals surface area contributed by atoms with Gasteiger partial charge in [-0.05, 0) is 24.6 Å². The topological polar surface area (TPSA) is 109 Å². The molecule has 0 radical (unpaired) electrons. The fraction of sp³-hybridized carbons (Fsp3) is 0.444. The number of nitrogens with two attached hydrogens (primary N) is 1. The summed E-state index contributed by atoms with van der Waals surface area (Å²) in [6.45, 7) is 5.30. The van der Waals surface area contributed by atoms with Crippen molar-refractivity contribution in [3.63, 3.8) is 0 Å². The number of ether oxygens (including phenoxy) is 1. The number of aromatic nitrogens is 2. The normalized spacial score (nSPS) is 14.3. The van der Waals surface area contributed by atoms with Gasteiger partial charge in [0.05, 0.1) is 26.5 Å². The summed E-state index contributed by atoms with van der Waals surface area (Å²) in [6.07, 6.45) is 0.387. The lowest BCUT2D eigenvalue weighted by atomic mass is 10.2. The number of aliphatic hydroxyl groups excluding tert-OH is 1. The summed E-state index contributed by atoms with van der Waals surface area (Å²) in [6, 6.07) is 8.14. The van der Waals surface area contributed by atoms with Gasteiger partial charge in [0.25, 0.3) is 0 Å². The van der Waals surface area contributed by atoms with Gasteiger partial charge in [-0.1, -0.05) is 12.1 Å². The second kappa shape index (κ2) is 8.68. The Morgan fingerprint density at radius 3 is 2.77 bits per heavy atom. The number of nitrogens with zero attached hydrogens (tertiary/aromatic N) is 3. The van der Waals surface area contributed by atoms with Crippen molar-refractivity contribution in [1.29, 1.82) is 0 Å². The molecule has 0 atom stereocenters. The molecule has 2 heterocycles. The highest BCUT2D eigenvalue weighted by molar-refractivity contribution is 5.75. The van der Waals surface area contributed by atoms with Crippen LogP contribution in [0, 0.1) is 6.92 Å². The Bertz CT molecular complexity index is 734. The highest BCUT2D eigenvalue weighted by Gasteiger charge is 2.19. The van der Waals surface area contributed by atoms with E-state index in [9.17, 15) is 5.11 Å². The summed E-state index contributed by atoms with van der Waals surface area (Å²) in [5.74, 6) is 1.84. The van der Waals surface area contributed by atoms with Gasteiger partial charge < -0.3 is 31.1 Å². The third-order valence-corrected chi connectivity index (χ3v) is 4.18. The fourth-order valence-electron chi connectivity index (χ4n) is 2.85. The van der Waals surface area contributed by atoms with Crippen LogP contribution < -0.4 is 21.3 Å². The van der Waals surface area contributed by atoms with E-state index in [1.807, 2.05) is 12.1 Å². The predicted octanol–water partition coefficient (Wildman–Crippen LogP) is 1.22. The third kappa shape index (κ3) is 4.53. The highest BCUT2D eigenvalue weighted by atomic mass is 16.5. The first-order valence-corrected chi connectivity index (χ1v) is 8.81. The maximum Gasteiger partial charge on any atom is 0.157 e. The maximum atomic E-state index is 9.25. The highest BCUT2D eigenvalue weighted by Crippen LogP contribution is 2.28. The zero-order valence-electron chi connectivity index (χ0n) is 15.0. The molecule has 1 saturated heterocycles. The van der Waals surface area contributed by atoms with E-state index in [-0.39, 0.29) is 6.61 Å². The van der Waals surface area contributed by atoms with E-state index in [1.54, 1.807) is 0 Å². The molecule has 1 aromatic carbocycles. The molecule has 1 aliphatic rings. The molecular formula is C18H26N6O2. The molecule has 1 fully saturated rings. The Labute approximate surface area is 153 Å². The first-order chi connectivity index (χ1) is 12.7. The smallest absolute Gasteiger partial charge is 0.157 e. The molecule has 8 nitrogen and oxygen atoms in total. The molecule has 0 bridgehead atoms. The minimum atomic E-state index is -0.00650. The van der Waals surface area contributed by atoms with Gasteiger partial charge in [-0.3, -0.25) is 0 Å². The standard InChI is InChI=1S/C18H26N6O2/c1-13-3-2-4-14(11-13)20-12-21-17-16(19)18(23-15(22-17)5-8-25)24-6-9-26-10-7-24/h2-4,11,20,25H,5-10,12,19H2,1H3,(H,21,22,23). The largest absolute Gasteiger partial charge is 0.396 e. The number of hydrogen-bond acceptors (Lipinski definition) is 8. The summed E-state index contributed by atoms with van der Waals surface area (Å²) in [5, 5.41) is 15.8. The molecule has 8 heteroatoms. The summed E-state index contributed by atoms with van der Waals surface area (Å²) < 4.78 is 5.40. The van der Waals surface area contributed by atoms with Crippen LogP contribution in [0.1, 0.15) is 11.4 Å². The van der Waals surface area contributed by atoms with Crippen LogP contribution in [0.15, 0.2) is 24.3 Å². The van der Waals surface area contributed by atoms with Crippen LogP contribution in [-0.2, 0) is 11.2 Å². The van der Waals surface area contributed by atoms with Crippen molar-refractivity contribution in [3.8, 4) is 0 Å². The van der Waals surface area contributed by atoms with E-state index >= 15 is 0 Å². The Kier molecular flexibility index (Phi) is 6.08. The van der Waals surface area contributed by atoms with Crippen LogP contribution in [0.3, 0.4) is 0 Å². The maximum absolute atomic E-state index is 9.25. The molecule has 0 unspecified atom stereocenters. The SMILES string of the molecule is Cc1cccc(NCNc2nc(CCO)nc(N3CCOCC3)c2N)c1. The molecule has 140 valence electrons. The molecule has 0 amide bonds. The number of hydrogen-bond donors (Lipinski definition) is 4. The second-order valence-corrected chi connectivity index (χ2v) is 6.20. The summed E-state index contributed by atoms with van der Waals surface area (Å²) in [7, 11) is 0. The number of aliphatic hydroxyl groups is 1. The molecule has 26 heavy (non-hydrogen) atoms. The van der Waals surface area contributed by atoms with Gasteiger partial charge >= 0.3 is 0 Å². The lowest BCUT2D eigenvalue weighted by Gasteiger charge is -2.29. The zero-order valence-corrected chi connectivity index (χ0v) is 15.0. The first kappa shape index (κ1) is 18.2. The number of nitrogen functional groups attached to an aromatic ring is 1. The fourth-order valence-corrected chi connectivity index (χ4v) is 2.85. The van der Waals surface area contributed by atoms with Gasteiger partial charge in [0.2, 0.25) is 0 Å². The van der Waals surface area contributed by atoms with Gasteiger partial charge in [-0.2, -0.15) is 0 Å². The monoisotopic (exact) mass is 358 g/mol. The van der Waals surface area contributed by atoms with E-state index in [0.717, 1.165) is 18.8 Å². The van der Waals surface area contributed by atoms with Crippen molar-refractivity contribution >= 4 is 23.0 Å². The number of nitrogens with one attached hydrogen (secondary N) is 2. The number of benzene rings is 1. The van der Waals surface area contributed by atoms with Crippen LogP contribution in [0.4, 0.5) is 23.0 Å². The van der Waals surface area contributed by atoms with Gasteiger partial charge in [0.1, 0.15) is 11.5 Å². The molecular weight excluding hydrogens is 332 g/mol. The van der Waals surface area contributed by atoms with Crippen LogP contribution in [-0.4, -0.2) is 54.7 Å². The molecule has 1 aromatic heterocycles. The number of aryl methyl sites for hydroxylation is 1. The van der Waals surface area contributed by atoms with E-state index in [1.165, 1.54) is 5.56 Å². The predicted molar refractivity (Wildman–Crippen MR) is 104 cm³/mol. The summed E-state index contributed by atoms with van der Waals surface area (Å²) in [4.78, 5) is 11.1.